The Kier molecular flexibility index (Phi) is 2.62. The maximum atomic E-state index is 13.0. The molecule has 94 valence electrons. The minimum Gasteiger partial charge on any atom is -0.339 e. The SMILES string of the molecule is Cc1ccc2c(C#N)c(C(F)(F)F)n(C)c2c1C. The Hall–Kier alpha value is -1.96. The summed E-state index contributed by atoms with van der Waals surface area (Å²) < 4.78 is 40.0. The van der Waals surface area contributed by atoms with Gasteiger partial charge in [-0.3, -0.25) is 0 Å². The van der Waals surface area contributed by atoms with E-state index >= 15 is 0 Å². The van der Waals surface area contributed by atoms with Crippen molar-refractivity contribution in [2.45, 2.75) is 20.0 Å². The van der Waals surface area contributed by atoms with Gasteiger partial charge in [-0.05, 0) is 25.0 Å². The molecule has 5 heteroatoms. The van der Waals surface area contributed by atoms with Crippen LogP contribution in [0.3, 0.4) is 0 Å². The number of nitriles is 1. The summed E-state index contributed by atoms with van der Waals surface area (Å²) in [5.74, 6) is 0. The van der Waals surface area contributed by atoms with E-state index in [2.05, 4.69) is 0 Å². The fourth-order valence-electron chi connectivity index (χ4n) is 2.29. The van der Waals surface area contributed by atoms with E-state index in [0.717, 1.165) is 15.7 Å². The van der Waals surface area contributed by atoms with Gasteiger partial charge >= 0.3 is 6.18 Å². The number of aryl methyl sites for hydroxylation is 3. The van der Waals surface area contributed by atoms with Crippen molar-refractivity contribution in [3.8, 4) is 6.07 Å². The summed E-state index contributed by atoms with van der Waals surface area (Å²) in [6.07, 6.45) is -4.53. The maximum absolute atomic E-state index is 13.0. The highest BCUT2D eigenvalue weighted by Crippen LogP contribution is 2.38. The number of alkyl halides is 3. The first-order valence-electron chi connectivity index (χ1n) is 5.35. The lowest BCUT2D eigenvalue weighted by molar-refractivity contribution is -0.143. The molecule has 0 N–H and O–H groups in total. The zero-order chi connectivity index (χ0) is 13.7. The first-order valence-corrected chi connectivity index (χ1v) is 5.35. The normalized spacial score (nSPS) is 11.8. The third-order valence-corrected chi connectivity index (χ3v) is 3.26. The van der Waals surface area contributed by atoms with Crippen LogP contribution >= 0.6 is 0 Å². The molecular weight excluding hydrogens is 241 g/mol. The van der Waals surface area contributed by atoms with E-state index in [0.29, 0.717) is 10.9 Å². The Bertz CT molecular complexity index is 672. The molecule has 2 aromatic rings. The Morgan fingerprint density at radius 1 is 1.22 bits per heavy atom. The fourth-order valence-corrected chi connectivity index (χ4v) is 2.29. The van der Waals surface area contributed by atoms with Gasteiger partial charge in [-0.25, -0.2) is 0 Å². The van der Waals surface area contributed by atoms with E-state index in [9.17, 15) is 13.2 Å². The molecule has 0 saturated heterocycles. The molecule has 0 saturated carbocycles. The van der Waals surface area contributed by atoms with Crippen molar-refractivity contribution in [2.75, 3.05) is 0 Å². The van der Waals surface area contributed by atoms with Crippen LogP contribution in [0.2, 0.25) is 0 Å². The lowest BCUT2D eigenvalue weighted by atomic mass is 10.0. The van der Waals surface area contributed by atoms with Crippen molar-refractivity contribution in [1.29, 1.82) is 5.26 Å². The van der Waals surface area contributed by atoms with Crippen LogP contribution in [0.1, 0.15) is 22.4 Å². The van der Waals surface area contributed by atoms with Crippen molar-refractivity contribution in [3.63, 3.8) is 0 Å². The molecule has 0 aliphatic rings. The molecule has 0 unspecified atom stereocenters. The molecule has 0 radical (unpaired) electrons. The average molecular weight is 252 g/mol. The van der Waals surface area contributed by atoms with Gasteiger partial charge in [-0.2, -0.15) is 18.4 Å². The van der Waals surface area contributed by atoms with Crippen LogP contribution < -0.4 is 0 Å². The summed E-state index contributed by atoms with van der Waals surface area (Å²) in [5.41, 5.74) is 0.957. The molecular formula is C13H11F3N2. The van der Waals surface area contributed by atoms with E-state index < -0.39 is 11.9 Å². The van der Waals surface area contributed by atoms with Crippen LogP contribution in [-0.4, -0.2) is 4.57 Å². The van der Waals surface area contributed by atoms with Gasteiger partial charge in [0, 0.05) is 12.4 Å². The Morgan fingerprint density at radius 2 is 1.83 bits per heavy atom. The van der Waals surface area contributed by atoms with Crippen molar-refractivity contribution < 1.29 is 13.2 Å². The molecule has 0 amide bonds. The minimum absolute atomic E-state index is 0.303. The van der Waals surface area contributed by atoms with Crippen LogP contribution in [-0.2, 0) is 13.2 Å². The molecule has 0 aliphatic heterocycles. The van der Waals surface area contributed by atoms with E-state index in [-0.39, 0.29) is 5.56 Å². The van der Waals surface area contributed by atoms with Gasteiger partial charge < -0.3 is 4.57 Å². The number of nitrogens with zero attached hydrogens (tertiary/aromatic N) is 2. The second kappa shape index (κ2) is 3.77. The molecule has 0 spiro atoms. The maximum Gasteiger partial charge on any atom is 0.432 e. The smallest absolute Gasteiger partial charge is 0.339 e. The molecule has 18 heavy (non-hydrogen) atoms. The first kappa shape index (κ1) is 12.5. The summed E-state index contributed by atoms with van der Waals surface area (Å²) >= 11 is 0. The van der Waals surface area contributed by atoms with Crippen LogP contribution in [0.25, 0.3) is 10.9 Å². The van der Waals surface area contributed by atoms with Crippen LogP contribution in [0, 0.1) is 25.2 Å². The molecule has 2 nitrogen and oxygen atoms in total. The molecule has 1 heterocycles. The van der Waals surface area contributed by atoms with Gasteiger partial charge in [0.25, 0.3) is 0 Å². The third kappa shape index (κ3) is 1.57. The van der Waals surface area contributed by atoms with E-state index in [1.54, 1.807) is 25.1 Å². The summed E-state index contributed by atoms with van der Waals surface area (Å²) in [6.45, 7) is 3.60. The topological polar surface area (TPSA) is 28.7 Å². The summed E-state index contributed by atoms with van der Waals surface area (Å²) in [7, 11) is 1.35. The Labute approximate surface area is 102 Å². The summed E-state index contributed by atoms with van der Waals surface area (Å²) in [5, 5.41) is 9.35. The van der Waals surface area contributed by atoms with Crippen LogP contribution in [0.15, 0.2) is 12.1 Å². The molecule has 0 bridgehead atoms. The summed E-state index contributed by atoms with van der Waals surface area (Å²) in [6, 6.07) is 4.98. The molecule has 1 aromatic carbocycles. The summed E-state index contributed by atoms with van der Waals surface area (Å²) in [4.78, 5) is 0. The predicted octanol–water partition coefficient (Wildman–Crippen LogP) is 3.69. The largest absolute Gasteiger partial charge is 0.432 e. The van der Waals surface area contributed by atoms with Gasteiger partial charge in [0.2, 0.25) is 0 Å². The number of hydrogen-bond donors (Lipinski definition) is 0. The van der Waals surface area contributed by atoms with Gasteiger partial charge in [-0.15, -0.1) is 0 Å². The van der Waals surface area contributed by atoms with Crippen molar-refractivity contribution in [2.24, 2.45) is 7.05 Å². The van der Waals surface area contributed by atoms with E-state index in [4.69, 9.17) is 5.26 Å². The van der Waals surface area contributed by atoms with Crippen LogP contribution in [0.5, 0.6) is 0 Å². The van der Waals surface area contributed by atoms with Gasteiger partial charge in [0.05, 0.1) is 11.1 Å². The highest BCUT2D eigenvalue weighted by Gasteiger charge is 2.38. The average Bonchev–Trinajstić information content (AvgIpc) is 2.56. The van der Waals surface area contributed by atoms with Gasteiger partial charge in [0.15, 0.2) is 0 Å². The lowest BCUT2D eigenvalue weighted by Gasteiger charge is -2.09. The second-order valence-corrected chi connectivity index (χ2v) is 4.30. The number of benzene rings is 1. The minimum atomic E-state index is -4.53. The lowest BCUT2D eigenvalue weighted by Crippen LogP contribution is -2.12. The zero-order valence-electron chi connectivity index (χ0n) is 10.2. The fraction of sp³-hybridized carbons (Fsp3) is 0.308. The standard InChI is InChI=1S/C13H11F3N2/c1-7-4-5-9-10(6-17)12(13(14,15)16)18(3)11(9)8(7)2/h4-5H,1-3H3. The number of aromatic nitrogens is 1. The van der Waals surface area contributed by atoms with Crippen molar-refractivity contribution >= 4 is 10.9 Å². The quantitative estimate of drug-likeness (QED) is 0.703. The first-order chi connectivity index (χ1) is 8.29. The van der Waals surface area contributed by atoms with E-state index in [1.165, 1.54) is 7.05 Å². The number of fused-ring (bicyclic) bond motifs is 1. The molecule has 0 atom stereocenters. The van der Waals surface area contributed by atoms with Crippen molar-refractivity contribution in [3.05, 3.63) is 34.5 Å². The highest BCUT2D eigenvalue weighted by molar-refractivity contribution is 5.91. The van der Waals surface area contributed by atoms with Gasteiger partial charge in [0.1, 0.15) is 11.8 Å². The highest BCUT2D eigenvalue weighted by atomic mass is 19.4. The Balaban J connectivity index is 3.03. The zero-order valence-corrected chi connectivity index (χ0v) is 10.2. The number of hydrogen-bond acceptors (Lipinski definition) is 1. The number of halogens is 3. The van der Waals surface area contributed by atoms with Gasteiger partial charge in [-0.1, -0.05) is 12.1 Å². The molecule has 1 aromatic heterocycles. The molecule has 0 fully saturated rings. The Morgan fingerprint density at radius 3 is 2.33 bits per heavy atom. The van der Waals surface area contributed by atoms with Crippen molar-refractivity contribution in [1.82, 2.24) is 4.57 Å². The molecule has 2 rings (SSSR count). The second-order valence-electron chi connectivity index (χ2n) is 4.30. The monoisotopic (exact) mass is 252 g/mol. The predicted molar refractivity (Wildman–Crippen MR) is 62.1 cm³/mol. The van der Waals surface area contributed by atoms with E-state index in [1.807, 2.05) is 6.92 Å². The third-order valence-electron chi connectivity index (χ3n) is 3.26. The molecule has 0 aliphatic carbocycles. The van der Waals surface area contributed by atoms with Crippen LogP contribution in [0.4, 0.5) is 13.2 Å². The number of rotatable bonds is 0.